The van der Waals surface area contributed by atoms with Gasteiger partial charge in [0.25, 0.3) is 0 Å². The Morgan fingerprint density at radius 2 is 1.97 bits per heavy atom. The number of fused-ring (bicyclic) bond motifs is 1. The van der Waals surface area contributed by atoms with Crippen LogP contribution in [-0.2, 0) is 17.6 Å². The lowest BCUT2D eigenvalue weighted by molar-refractivity contribution is -0.117. The van der Waals surface area contributed by atoms with Crippen molar-refractivity contribution in [2.45, 2.75) is 59.9 Å². The van der Waals surface area contributed by atoms with Gasteiger partial charge in [0.15, 0.2) is 0 Å². The summed E-state index contributed by atoms with van der Waals surface area (Å²) in [6, 6.07) is 11.4. The Bertz CT molecular complexity index is 1040. The van der Waals surface area contributed by atoms with Gasteiger partial charge in [0.2, 0.25) is 5.91 Å². The zero-order chi connectivity index (χ0) is 23.8. The Morgan fingerprint density at radius 3 is 2.61 bits per heavy atom. The lowest BCUT2D eigenvalue weighted by Gasteiger charge is -2.41. The third-order valence-corrected chi connectivity index (χ3v) is 8.47. The molecule has 1 fully saturated rings. The van der Waals surface area contributed by atoms with Crippen LogP contribution in [0.3, 0.4) is 0 Å². The summed E-state index contributed by atoms with van der Waals surface area (Å²) in [6.45, 7) is 14.2. The van der Waals surface area contributed by atoms with Gasteiger partial charge in [0.05, 0.1) is 12.1 Å². The van der Waals surface area contributed by atoms with Crippen LogP contribution in [0.5, 0.6) is 0 Å². The van der Waals surface area contributed by atoms with Crippen LogP contribution in [0.1, 0.15) is 55.7 Å². The minimum atomic E-state index is -0.0199. The molecule has 5 nitrogen and oxygen atoms in total. The Hall–Kier alpha value is -2.36. The highest BCUT2D eigenvalue weighted by atomic mass is 32.1. The first-order valence-corrected chi connectivity index (χ1v) is 12.9. The molecule has 2 unspecified atom stereocenters. The topological polar surface area (TPSA) is 59.4 Å². The Labute approximate surface area is 202 Å². The third kappa shape index (κ3) is 5.26. The van der Waals surface area contributed by atoms with Crippen LogP contribution < -0.4 is 10.2 Å². The maximum absolute atomic E-state index is 12.9. The molecule has 2 aromatic rings. The Kier molecular flexibility index (Phi) is 6.83. The number of anilines is 2. The monoisotopic (exact) mass is 464 g/mol. The van der Waals surface area contributed by atoms with Crippen molar-refractivity contribution in [3.63, 3.8) is 0 Å². The second-order valence-electron chi connectivity index (χ2n) is 10.8. The number of hydrogen-bond acceptors (Lipinski definition) is 5. The Morgan fingerprint density at radius 1 is 1.24 bits per heavy atom. The summed E-state index contributed by atoms with van der Waals surface area (Å²) >= 11 is 1.61. The van der Waals surface area contributed by atoms with Gasteiger partial charge in [-0.25, -0.2) is 0 Å². The van der Waals surface area contributed by atoms with E-state index in [1.165, 1.54) is 21.7 Å². The van der Waals surface area contributed by atoms with Gasteiger partial charge in [-0.3, -0.25) is 9.69 Å². The van der Waals surface area contributed by atoms with Crippen LogP contribution in [-0.4, -0.2) is 43.0 Å². The molecule has 1 aliphatic carbocycles. The zero-order valence-electron chi connectivity index (χ0n) is 20.6. The molecule has 0 radical (unpaired) electrons. The lowest BCUT2D eigenvalue weighted by Crippen LogP contribution is -2.53. The number of piperazine rings is 1. The number of carbonyl (C=O) groups is 1. The Balaban J connectivity index is 1.37. The molecular formula is C27H36N4OS. The van der Waals surface area contributed by atoms with Crippen LogP contribution >= 0.6 is 11.3 Å². The van der Waals surface area contributed by atoms with Crippen molar-refractivity contribution in [3.8, 4) is 6.07 Å². The number of aryl methyl sites for hydroxylation is 1. The molecule has 33 heavy (non-hydrogen) atoms. The van der Waals surface area contributed by atoms with Crippen molar-refractivity contribution < 1.29 is 4.79 Å². The van der Waals surface area contributed by atoms with Crippen LogP contribution in [0.2, 0.25) is 0 Å². The molecule has 2 aliphatic rings. The summed E-state index contributed by atoms with van der Waals surface area (Å²) in [5.41, 5.74) is 4.62. The molecular weight excluding hydrogens is 428 g/mol. The van der Waals surface area contributed by atoms with Crippen molar-refractivity contribution in [1.82, 2.24) is 4.90 Å². The number of nitrogens with one attached hydrogen (secondary N) is 1. The first kappa shape index (κ1) is 23.8. The number of nitriles is 1. The highest BCUT2D eigenvalue weighted by Crippen LogP contribution is 2.44. The number of thiophene rings is 1. The summed E-state index contributed by atoms with van der Waals surface area (Å²) in [5.74, 6) is 0.596. The molecule has 1 aromatic carbocycles. The molecule has 1 aliphatic heterocycles. The standard InChI is InChI=1S/C27H36N4OS/c1-18-6-9-21(10-7-18)31-13-12-30(16-19(31)2)17-25(32)29-26-23(15-28)22-11-8-20(27(3,4)5)14-24(22)33-26/h6-7,9-10,19-20H,8,11-14,16-17H2,1-5H3,(H,29,32). The van der Waals surface area contributed by atoms with Gasteiger partial charge in [0.1, 0.15) is 11.1 Å². The van der Waals surface area contributed by atoms with Crippen molar-refractivity contribution in [1.29, 1.82) is 5.26 Å². The lowest BCUT2D eigenvalue weighted by atomic mass is 9.72. The first-order chi connectivity index (χ1) is 15.7. The first-order valence-electron chi connectivity index (χ1n) is 12.1. The maximum atomic E-state index is 12.9. The van der Waals surface area contributed by atoms with Gasteiger partial charge in [-0.15, -0.1) is 11.3 Å². The summed E-state index contributed by atoms with van der Waals surface area (Å²) in [7, 11) is 0. The van der Waals surface area contributed by atoms with Gasteiger partial charge in [-0.2, -0.15) is 5.26 Å². The van der Waals surface area contributed by atoms with Crippen molar-refractivity contribution in [3.05, 3.63) is 45.8 Å². The molecule has 0 bridgehead atoms. The number of nitrogens with zero attached hydrogens (tertiary/aromatic N) is 3. The summed E-state index contributed by atoms with van der Waals surface area (Å²) in [6.07, 6.45) is 3.05. The largest absolute Gasteiger partial charge is 0.366 e. The van der Waals surface area contributed by atoms with E-state index >= 15 is 0 Å². The fourth-order valence-electron chi connectivity index (χ4n) is 5.20. The van der Waals surface area contributed by atoms with E-state index in [9.17, 15) is 10.1 Å². The highest BCUT2D eigenvalue weighted by molar-refractivity contribution is 7.16. The molecule has 2 heterocycles. The predicted octanol–water partition coefficient (Wildman–Crippen LogP) is 5.23. The number of hydrogen-bond donors (Lipinski definition) is 1. The molecule has 0 spiro atoms. The second kappa shape index (κ2) is 9.48. The summed E-state index contributed by atoms with van der Waals surface area (Å²) in [5, 5.41) is 13.6. The van der Waals surface area contributed by atoms with E-state index in [1.807, 2.05) is 0 Å². The maximum Gasteiger partial charge on any atom is 0.239 e. The normalized spacial score (nSPS) is 21.4. The average molecular weight is 465 g/mol. The molecule has 1 N–H and O–H groups in total. The average Bonchev–Trinajstić information content (AvgIpc) is 3.10. The van der Waals surface area contributed by atoms with E-state index < -0.39 is 0 Å². The molecule has 1 saturated heterocycles. The van der Waals surface area contributed by atoms with Gasteiger partial charge in [0, 0.05) is 36.2 Å². The van der Waals surface area contributed by atoms with Gasteiger partial charge in [-0.05, 0) is 62.1 Å². The molecule has 4 rings (SSSR count). The van der Waals surface area contributed by atoms with Crippen LogP contribution in [0.15, 0.2) is 24.3 Å². The molecule has 2 atom stereocenters. The number of rotatable bonds is 4. The predicted molar refractivity (Wildman–Crippen MR) is 137 cm³/mol. The van der Waals surface area contributed by atoms with Gasteiger partial charge >= 0.3 is 0 Å². The summed E-state index contributed by atoms with van der Waals surface area (Å²) < 4.78 is 0. The third-order valence-electron chi connectivity index (χ3n) is 7.30. The van der Waals surface area contributed by atoms with E-state index in [0.29, 0.717) is 24.1 Å². The minimum absolute atomic E-state index is 0.0199. The highest BCUT2D eigenvalue weighted by Gasteiger charge is 2.32. The van der Waals surface area contributed by atoms with Crippen molar-refractivity contribution in [2.75, 3.05) is 36.4 Å². The van der Waals surface area contributed by atoms with Crippen LogP contribution in [0.4, 0.5) is 10.7 Å². The van der Waals surface area contributed by atoms with E-state index in [4.69, 9.17) is 0 Å². The quantitative estimate of drug-likeness (QED) is 0.673. The fraction of sp³-hybridized carbons (Fsp3) is 0.556. The van der Waals surface area contributed by atoms with Crippen LogP contribution in [0.25, 0.3) is 0 Å². The van der Waals surface area contributed by atoms with Crippen LogP contribution in [0, 0.1) is 29.6 Å². The molecule has 1 amide bonds. The molecule has 0 saturated carbocycles. The van der Waals surface area contributed by atoms with E-state index in [1.54, 1.807) is 11.3 Å². The molecule has 6 heteroatoms. The summed E-state index contributed by atoms with van der Waals surface area (Å²) in [4.78, 5) is 18.8. The number of benzene rings is 1. The van der Waals surface area contributed by atoms with Crippen molar-refractivity contribution >= 4 is 27.9 Å². The number of carbonyl (C=O) groups excluding carboxylic acids is 1. The fourth-order valence-corrected chi connectivity index (χ4v) is 6.49. The molecule has 176 valence electrons. The van der Waals surface area contributed by atoms with E-state index in [2.05, 4.69) is 80.1 Å². The van der Waals surface area contributed by atoms with E-state index in [0.717, 1.165) is 43.9 Å². The second-order valence-corrected chi connectivity index (χ2v) is 11.9. The molecule has 1 aromatic heterocycles. The van der Waals surface area contributed by atoms with E-state index in [-0.39, 0.29) is 11.3 Å². The smallest absolute Gasteiger partial charge is 0.239 e. The van der Waals surface area contributed by atoms with Gasteiger partial charge < -0.3 is 10.2 Å². The van der Waals surface area contributed by atoms with Crippen molar-refractivity contribution in [2.24, 2.45) is 11.3 Å². The number of amides is 1. The minimum Gasteiger partial charge on any atom is -0.366 e. The SMILES string of the molecule is Cc1ccc(N2CCN(CC(=O)Nc3sc4c(c3C#N)CCC(C(C)(C)C)C4)CC2C)cc1. The zero-order valence-corrected chi connectivity index (χ0v) is 21.4. The van der Waals surface area contributed by atoms with Gasteiger partial charge in [-0.1, -0.05) is 38.5 Å².